The van der Waals surface area contributed by atoms with Crippen LogP contribution in [0.25, 0.3) is 11.4 Å². The van der Waals surface area contributed by atoms with E-state index in [4.69, 9.17) is 0 Å². The van der Waals surface area contributed by atoms with Gasteiger partial charge in [-0.3, -0.25) is 4.98 Å². The summed E-state index contributed by atoms with van der Waals surface area (Å²) in [5, 5.41) is 0. The Labute approximate surface area is 217 Å². The number of pyridine rings is 1. The van der Waals surface area contributed by atoms with Gasteiger partial charge in [0.15, 0.2) is 5.82 Å². The molecule has 0 N–H and O–H groups in total. The molecule has 0 spiro atoms. The second-order valence-corrected chi connectivity index (χ2v) is 11.4. The predicted molar refractivity (Wildman–Crippen MR) is 152 cm³/mol. The minimum absolute atomic E-state index is 0.788. The van der Waals surface area contributed by atoms with Gasteiger partial charge in [0.25, 0.3) is 0 Å². The van der Waals surface area contributed by atoms with Crippen LogP contribution in [0.5, 0.6) is 0 Å². The first kappa shape index (κ1) is 29.5. The van der Waals surface area contributed by atoms with Crippen LogP contribution in [0.4, 0.5) is 0 Å². The summed E-state index contributed by atoms with van der Waals surface area (Å²) in [4.78, 5) is 13.9. The Balaban J connectivity index is 1.56. The molecule has 2 heterocycles. The van der Waals surface area contributed by atoms with Crippen LogP contribution in [0.1, 0.15) is 135 Å². The first-order chi connectivity index (χ1) is 17.0. The van der Waals surface area contributed by atoms with Crippen LogP contribution in [-0.2, 0) is 12.8 Å². The lowest BCUT2D eigenvalue weighted by atomic mass is 10.0. The van der Waals surface area contributed by atoms with Gasteiger partial charge in [0.1, 0.15) is 0 Å². The smallest absolute Gasteiger partial charge is 0.160 e. The van der Waals surface area contributed by atoms with E-state index in [1.54, 1.807) is 0 Å². The first-order valence-corrected chi connectivity index (χ1v) is 14.8. The van der Waals surface area contributed by atoms with Crippen molar-refractivity contribution in [3.63, 3.8) is 0 Å². The molecule has 3 nitrogen and oxygen atoms in total. The van der Waals surface area contributed by atoms with E-state index in [1.807, 2.05) is 18.6 Å². The molecule has 2 aromatic rings. The maximum Gasteiger partial charge on any atom is 0.160 e. The molecule has 3 heteroatoms. The highest BCUT2D eigenvalue weighted by molar-refractivity contribution is 5.53. The lowest BCUT2D eigenvalue weighted by Gasteiger charge is -2.06. The molecule has 0 saturated carbocycles. The Morgan fingerprint density at radius 2 is 1.00 bits per heavy atom. The minimum atomic E-state index is 0.788. The van der Waals surface area contributed by atoms with E-state index in [0.717, 1.165) is 36.1 Å². The summed E-state index contributed by atoms with van der Waals surface area (Å²) < 4.78 is 0. The second kappa shape index (κ2) is 18.5. The van der Waals surface area contributed by atoms with E-state index in [9.17, 15) is 0 Å². The molecule has 0 unspecified atom stereocenters. The number of nitrogens with zero attached hydrogens (tertiary/aromatic N) is 3. The molecule has 0 saturated heterocycles. The fraction of sp³-hybridized carbons (Fsp3) is 0.719. The Morgan fingerprint density at radius 3 is 1.49 bits per heavy atom. The Bertz CT molecular complexity index is 749. The second-order valence-electron chi connectivity index (χ2n) is 11.4. The SMILES string of the molecule is CC(C)CCCCCCCCCc1cnc(-c2ccc(CCCCCCCCC(C)C)nc2)nc1. The maximum absolute atomic E-state index is 4.67. The molecule has 0 atom stereocenters. The van der Waals surface area contributed by atoms with Crippen molar-refractivity contribution in [2.24, 2.45) is 11.8 Å². The lowest BCUT2D eigenvalue weighted by molar-refractivity contribution is 0.509. The molecule has 35 heavy (non-hydrogen) atoms. The van der Waals surface area contributed by atoms with Crippen molar-refractivity contribution in [3.05, 3.63) is 42.0 Å². The Morgan fingerprint density at radius 1 is 0.514 bits per heavy atom. The van der Waals surface area contributed by atoms with Gasteiger partial charge >= 0.3 is 0 Å². The third kappa shape index (κ3) is 14.4. The summed E-state index contributed by atoms with van der Waals surface area (Å²) in [7, 11) is 0. The molecule has 0 aliphatic heterocycles. The number of aromatic nitrogens is 3. The zero-order chi connectivity index (χ0) is 25.1. The van der Waals surface area contributed by atoms with E-state index in [1.165, 1.54) is 108 Å². The van der Waals surface area contributed by atoms with Gasteiger partial charge in [-0.1, -0.05) is 111 Å². The van der Waals surface area contributed by atoms with Crippen LogP contribution in [0.3, 0.4) is 0 Å². The molecule has 0 aromatic carbocycles. The number of unbranched alkanes of at least 4 members (excludes halogenated alkanes) is 11. The van der Waals surface area contributed by atoms with Crippen LogP contribution in [0.15, 0.2) is 30.7 Å². The fourth-order valence-corrected chi connectivity index (χ4v) is 4.67. The molecule has 0 aliphatic carbocycles. The standard InChI is InChI=1S/C32H53N3/c1-27(2)18-14-10-6-5-7-12-16-20-29-24-34-32(35-25-29)30-22-23-31(33-26-30)21-17-13-9-8-11-15-19-28(3)4/h22-28H,5-21H2,1-4H3. The van der Waals surface area contributed by atoms with Crippen molar-refractivity contribution in [2.75, 3.05) is 0 Å². The molecular formula is C32H53N3. The predicted octanol–water partition coefficient (Wildman–Crippen LogP) is 9.79. The zero-order valence-corrected chi connectivity index (χ0v) is 23.4. The van der Waals surface area contributed by atoms with Crippen molar-refractivity contribution >= 4 is 0 Å². The maximum atomic E-state index is 4.67. The monoisotopic (exact) mass is 479 g/mol. The largest absolute Gasteiger partial charge is 0.261 e. The number of rotatable bonds is 20. The minimum Gasteiger partial charge on any atom is -0.261 e. The molecule has 0 fully saturated rings. The van der Waals surface area contributed by atoms with Crippen LogP contribution < -0.4 is 0 Å². The van der Waals surface area contributed by atoms with Gasteiger partial charge in [0.2, 0.25) is 0 Å². The van der Waals surface area contributed by atoms with Crippen molar-refractivity contribution in [2.45, 2.75) is 137 Å². The zero-order valence-electron chi connectivity index (χ0n) is 23.4. The highest BCUT2D eigenvalue weighted by Gasteiger charge is 2.04. The van der Waals surface area contributed by atoms with Crippen LogP contribution in [0, 0.1) is 11.8 Å². The molecule has 0 radical (unpaired) electrons. The van der Waals surface area contributed by atoms with Gasteiger partial charge in [-0.2, -0.15) is 0 Å². The average Bonchev–Trinajstić information content (AvgIpc) is 2.85. The van der Waals surface area contributed by atoms with E-state index < -0.39 is 0 Å². The number of aryl methyl sites for hydroxylation is 2. The van der Waals surface area contributed by atoms with Gasteiger partial charge in [-0.05, 0) is 55.2 Å². The van der Waals surface area contributed by atoms with E-state index in [-0.39, 0.29) is 0 Å². The van der Waals surface area contributed by atoms with E-state index >= 15 is 0 Å². The molecule has 2 aromatic heterocycles. The summed E-state index contributed by atoms with van der Waals surface area (Å²) >= 11 is 0. The van der Waals surface area contributed by atoms with Crippen molar-refractivity contribution in [1.29, 1.82) is 0 Å². The van der Waals surface area contributed by atoms with Crippen molar-refractivity contribution in [1.82, 2.24) is 15.0 Å². The van der Waals surface area contributed by atoms with Gasteiger partial charge in [-0.25, -0.2) is 9.97 Å². The van der Waals surface area contributed by atoms with Crippen LogP contribution in [-0.4, -0.2) is 15.0 Å². The number of hydrogen-bond acceptors (Lipinski definition) is 3. The molecule has 0 amide bonds. The molecular weight excluding hydrogens is 426 g/mol. The van der Waals surface area contributed by atoms with Gasteiger partial charge in [-0.15, -0.1) is 0 Å². The van der Waals surface area contributed by atoms with Crippen LogP contribution >= 0.6 is 0 Å². The van der Waals surface area contributed by atoms with E-state index in [0.29, 0.717) is 0 Å². The average molecular weight is 480 g/mol. The molecule has 2 rings (SSSR count). The summed E-state index contributed by atoms with van der Waals surface area (Å²) in [6.45, 7) is 9.28. The van der Waals surface area contributed by atoms with Crippen molar-refractivity contribution in [3.8, 4) is 11.4 Å². The molecule has 0 aliphatic rings. The Kier molecular flexibility index (Phi) is 15.6. The molecule has 196 valence electrons. The summed E-state index contributed by atoms with van der Waals surface area (Å²) in [6, 6.07) is 4.28. The number of hydrogen-bond donors (Lipinski definition) is 0. The summed E-state index contributed by atoms with van der Waals surface area (Å²) in [6.07, 6.45) is 28.4. The lowest BCUT2D eigenvalue weighted by Crippen LogP contribution is -1.95. The van der Waals surface area contributed by atoms with Crippen molar-refractivity contribution < 1.29 is 0 Å². The van der Waals surface area contributed by atoms with E-state index in [2.05, 4.69) is 54.8 Å². The topological polar surface area (TPSA) is 38.7 Å². The third-order valence-corrected chi connectivity index (χ3v) is 7.00. The highest BCUT2D eigenvalue weighted by atomic mass is 14.9. The van der Waals surface area contributed by atoms with Crippen LogP contribution in [0.2, 0.25) is 0 Å². The first-order valence-electron chi connectivity index (χ1n) is 14.8. The normalized spacial score (nSPS) is 11.6. The third-order valence-electron chi connectivity index (χ3n) is 7.00. The molecule has 0 bridgehead atoms. The quantitative estimate of drug-likeness (QED) is 0.177. The van der Waals surface area contributed by atoms with Gasteiger partial charge in [0, 0.05) is 29.8 Å². The fourth-order valence-electron chi connectivity index (χ4n) is 4.67. The summed E-state index contributed by atoms with van der Waals surface area (Å²) in [5.41, 5.74) is 3.45. The Hall–Kier alpha value is -1.77. The summed E-state index contributed by atoms with van der Waals surface area (Å²) in [5.74, 6) is 2.49. The van der Waals surface area contributed by atoms with Gasteiger partial charge in [0.05, 0.1) is 0 Å². The van der Waals surface area contributed by atoms with Gasteiger partial charge < -0.3 is 0 Å². The highest BCUT2D eigenvalue weighted by Crippen LogP contribution is 2.17.